The number of benzene rings is 3. The van der Waals surface area contributed by atoms with Gasteiger partial charge in [0.05, 0.1) is 24.4 Å². The number of hydrogen-bond acceptors (Lipinski definition) is 7. The molecule has 35 heavy (non-hydrogen) atoms. The molecule has 3 aromatic rings. The van der Waals surface area contributed by atoms with Crippen LogP contribution in [0.25, 0.3) is 0 Å². The van der Waals surface area contributed by atoms with Crippen LogP contribution < -0.4 is 20.1 Å². The van der Waals surface area contributed by atoms with Gasteiger partial charge in [-0.25, -0.2) is 4.79 Å². The van der Waals surface area contributed by atoms with Crippen molar-refractivity contribution in [2.24, 2.45) is 5.73 Å². The van der Waals surface area contributed by atoms with Crippen LogP contribution in [0.5, 0.6) is 11.5 Å². The predicted molar refractivity (Wildman–Crippen MR) is 132 cm³/mol. The van der Waals surface area contributed by atoms with Crippen LogP contribution in [0.3, 0.4) is 0 Å². The lowest BCUT2D eigenvalue weighted by atomic mass is 10.1. The molecule has 0 aliphatic carbocycles. The third kappa shape index (κ3) is 5.58. The van der Waals surface area contributed by atoms with Crippen molar-refractivity contribution in [1.82, 2.24) is 0 Å². The molecule has 180 valence electrons. The Morgan fingerprint density at radius 2 is 1.71 bits per heavy atom. The molecule has 1 unspecified atom stereocenters. The monoisotopic (exact) mass is 492 g/mol. The van der Waals surface area contributed by atoms with Crippen molar-refractivity contribution in [2.45, 2.75) is 10.9 Å². The number of esters is 1. The van der Waals surface area contributed by atoms with Gasteiger partial charge >= 0.3 is 5.97 Å². The van der Waals surface area contributed by atoms with Gasteiger partial charge in [0, 0.05) is 10.6 Å². The number of primary amides is 1. The van der Waals surface area contributed by atoms with Crippen molar-refractivity contribution in [2.75, 3.05) is 31.0 Å². The highest BCUT2D eigenvalue weighted by atomic mass is 32.2. The largest absolute Gasteiger partial charge is 0.493 e. The first-order valence-corrected chi connectivity index (χ1v) is 11.8. The number of thioether (sulfide) groups is 1. The molecule has 1 heterocycles. The van der Waals surface area contributed by atoms with Crippen molar-refractivity contribution >= 4 is 35.2 Å². The Kier molecular flexibility index (Phi) is 7.57. The highest BCUT2D eigenvalue weighted by Gasteiger charge is 2.33. The molecule has 8 nitrogen and oxygen atoms in total. The molecule has 1 aliphatic rings. The minimum atomic E-state index is -0.686. The maximum absolute atomic E-state index is 13.4. The van der Waals surface area contributed by atoms with Crippen molar-refractivity contribution in [3.05, 3.63) is 83.9 Å². The number of nitrogens with two attached hydrogens (primary N) is 1. The molecule has 0 bridgehead atoms. The maximum Gasteiger partial charge on any atom is 0.338 e. The summed E-state index contributed by atoms with van der Waals surface area (Å²) < 4.78 is 15.9. The number of nitrogens with zero attached hydrogens (tertiary/aromatic N) is 1. The molecular weight excluding hydrogens is 468 g/mol. The maximum atomic E-state index is 13.4. The van der Waals surface area contributed by atoms with Gasteiger partial charge in [0.1, 0.15) is 0 Å². The van der Waals surface area contributed by atoms with E-state index in [2.05, 4.69) is 0 Å². The number of para-hydroxylation sites is 1. The minimum Gasteiger partial charge on any atom is -0.493 e. The summed E-state index contributed by atoms with van der Waals surface area (Å²) in [5.41, 5.74) is 7.07. The van der Waals surface area contributed by atoms with Crippen LogP contribution in [-0.2, 0) is 14.3 Å². The molecule has 4 rings (SSSR count). The zero-order valence-corrected chi connectivity index (χ0v) is 19.8. The molecule has 2 N–H and O–H groups in total. The number of fused-ring (bicyclic) bond motifs is 1. The number of amides is 2. The van der Waals surface area contributed by atoms with Crippen LogP contribution in [0.15, 0.2) is 77.7 Å². The number of methoxy groups -OCH3 is 1. The third-order valence-electron chi connectivity index (χ3n) is 5.38. The molecule has 3 aromatic carbocycles. The Labute approximate surface area is 207 Å². The minimum absolute atomic E-state index is 0.176. The summed E-state index contributed by atoms with van der Waals surface area (Å²) in [5.74, 6) is -0.474. The normalized spacial score (nSPS) is 14.5. The van der Waals surface area contributed by atoms with E-state index in [1.807, 2.05) is 54.6 Å². The smallest absolute Gasteiger partial charge is 0.338 e. The third-order valence-corrected chi connectivity index (χ3v) is 6.52. The lowest BCUT2D eigenvalue weighted by Gasteiger charge is -2.37. The second-order valence-corrected chi connectivity index (χ2v) is 8.73. The fourth-order valence-electron chi connectivity index (χ4n) is 3.76. The average molecular weight is 493 g/mol. The van der Waals surface area contributed by atoms with Crippen molar-refractivity contribution in [1.29, 1.82) is 0 Å². The Balaban J connectivity index is 1.50. The van der Waals surface area contributed by atoms with Crippen LogP contribution in [-0.4, -0.2) is 43.9 Å². The molecule has 9 heteroatoms. The zero-order chi connectivity index (χ0) is 24.8. The van der Waals surface area contributed by atoms with Gasteiger partial charge in [-0.05, 0) is 35.9 Å². The van der Waals surface area contributed by atoms with E-state index in [0.29, 0.717) is 5.75 Å². The Morgan fingerprint density at radius 3 is 2.46 bits per heavy atom. The van der Waals surface area contributed by atoms with Crippen LogP contribution in [0.4, 0.5) is 5.69 Å². The number of anilines is 1. The van der Waals surface area contributed by atoms with Crippen molar-refractivity contribution in [3.63, 3.8) is 0 Å². The molecule has 0 spiro atoms. The van der Waals surface area contributed by atoms with Gasteiger partial charge in [0.2, 0.25) is 0 Å². The summed E-state index contributed by atoms with van der Waals surface area (Å²) >= 11 is 1.69. The molecule has 0 fully saturated rings. The lowest BCUT2D eigenvalue weighted by Crippen LogP contribution is -2.41. The zero-order valence-electron chi connectivity index (χ0n) is 19.0. The summed E-state index contributed by atoms with van der Waals surface area (Å²) in [5, 5.41) is 0. The Bertz CT molecular complexity index is 1230. The van der Waals surface area contributed by atoms with E-state index in [9.17, 15) is 14.4 Å². The van der Waals surface area contributed by atoms with E-state index in [0.717, 1.165) is 16.1 Å². The first-order chi connectivity index (χ1) is 17.0. The first kappa shape index (κ1) is 24.2. The average Bonchev–Trinajstić information content (AvgIpc) is 2.90. The molecule has 2 amide bonds. The summed E-state index contributed by atoms with van der Waals surface area (Å²) in [4.78, 5) is 39.7. The van der Waals surface area contributed by atoms with E-state index in [-0.39, 0.29) is 35.6 Å². The highest BCUT2D eigenvalue weighted by molar-refractivity contribution is 7.99. The standard InChI is InChI=1S/C26H24N2O6S/c1-32-22-13-18(11-12-21(22)33-14-24(27)29)26(31)34-15-25(30)28-19-9-5-6-10-23(19)35-16-20(28)17-7-3-2-4-8-17/h2-13,20H,14-16H2,1H3,(H2,27,29). The molecule has 0 aromatic heterocycles. The molecule has 1 atom stereocenters. The fourth-order valence-corrected chi connectivity index (χ4v) is 4.93. The lowest BCUT2D eigenvalue weighted by molar-refractivity contribution is -0.122. The second kappa shape index (κ2) is 11.0. The van der Waals surface area contributed by atoms with Gasteiger partial charge < -0.3 is 19.9 Å². The molecular formula is C26H24N2O6S. The summed E-state index contributed by atoms with van der Waals surface area (Å²) in [6, 6.07) is 21.6. The topological polar surface area (TPSA) is 108 Å². The SMILES string of the molecule is COc1cc(C(=O)OCC(=O)N2c3ccccc3SCC2c2ccccc2)ccc1OCC(N)=O. The van der Waals surface area contributed by atoms with E-state index in [1.54, 1.807) is 16.7 Å². The van der Waals surface area contributed by atoms with E-state index in [1.165, 1.54) is 25.3 Å². The summed E-state index contributed by atoms with van der Waals surface area (Å²) in [7, 11) is 1.40. The number of carbonyl (C=O) groups is 3. The summed E-state index contributed by atoms with van der Waals surface area (Å²) in [6.45, 7) is -0.754. The van der Waals surface area contributed by atoms with E-state index in [4.69, 9.17) is 19.9 Å². The summed E-state index contributed by atoms with van der Waals surface area (Å²) in [6.07, 6.45) is 0. The number of ether oxygens (including phenoxy) is 3. The number of rotatable bonds is 8. The van der Waals surface area contributed by atoms with Gasteiger partial charge in [0.25, 0.3) is 11.8 Å². The Morgan fingerprint density at radius 1 is 0.971 bits per heavy atom. The predicted octanol–water partition coefficient (Wildman–Crippen LogP) is 3.60. The van der Waals surface area contributed by atoms with Crippen LogP contribution >= 0.6 is 11.8 Å². The van der Waals surface area contributed by atoms with Gasteiger partial charge in [0.15, 0.2) is 24.7 Å². The molecule has 0 radical (unpaired) electrons. The van der Waals surface area contributed by atoms with Gasteiger partial charge in [-0.3, -0.25) is 14.5 Å². The number of carbonyl (C=O) groups excluding carboxylic acids is 3. The quantitative estimate of drug-likeness (QED) is 0.479. The van der Waals surface area contributed by atoms with Crippen molar-refractivity contribution in [3.8, 4) is 11.5 Å². The Hall–Kier alpha value is -3.98. The van der Waals surface area contributed by atoms with Crippen molar-refractivity contribution < 1.29 is 28.6 Å². The van der Waals surface area contributed by atoms with Crippen LogP contribution in [0, 0.1) is 0 Å². The first-order valence-electron chi connectivity index (χ1n) is 10.8. The van der Waals surface area contributed by atoms with Gasteiger partial charge in [-0.1, -0.05) is 42.5 Å². The molecule has 1 aliphatic heterocycles. The van der Waals surface area contributed by atoms with Gasteiger partial charge in [-0.15, -0.1) is 11.8 Å². The molecule has 0 saturated carbocycles. The molecule has 0 saturated heterocycles. The fraction of sp³-hybridized carbons (Fsp3) is 0.192. The second-order valence-electron chi connectivity index (χ2n) is 7.67. The highest BCUT2D eigenvalue weighted by Crippen LogP contribution is 2.43. The van der Waals surface area contributed by atoms with Gasteiger partial charge in [-0.2, -0.15) is 0 Å². The number of hydrogen-bond donors (Lipinski definition) is 1. The van der Waals surface area contributed by atoms with E-state index >= 15 is 0 Å². The van der Waals surface area contributed by atoms with Crippen LogP contribution in [0.1, 0.15) is 22.0 Å². The van der Waals surface area contributed by atoms with E-state index < -0.39 is 18.5 Å². The van der Waals surface area contributed by atoms with Crippen LogP contribution in [0.2, 0.25) is 0 Å².